The molecule has 0 spiro atoms. The van der Waals surface area contributed by atoms with Crippen LogP contribution in [0.2, 0.25) is 0 Å². The second-order valence-corrected chi connectivity index (χ2v) is 9.26. The van der Waals surface area contributed by atoms with Crippen molar-refractivity contribution in [3.8, 4) is 11.8 Å². The molecule has 0 saturated heterocycles. The van der Waals surface area contributed by atoms with Gasteiger partial charge in [-0.1, -0.05) is 24.8 Å². The first-order valence-corrected chi connectivity index (χ1v) is 12.8. The summed E-state index contributed by atoms with van der Waals surface area (Å²) in [6.07, 6.45) is 3.78. The van der Waals surface area contributed by atoms with E-state index in [1.165, 1.54) is 22.9 Å². The van der Waals surface area contributed by atoms with Gasteiger partial charge in [0.25, 0.3) is 0 Å². The molecule has 2 aromatic carbocycles. The summed E-state index contributed by atoms with van der Waals surface area (Å²) >= 11 is 1.51. The monoisotopic (exact) mass is 479 g/mol. The predicted octanol–water partition coefficient (Wildman–Crippen LogP) is 4.40. The van der Waals surface area contributed by atoms with Gasteiger partial charge in [0.2, 0.25) is 0 Å². The number of aliphatic imine (C=N–C) groups is 1. The highest BCUT2D eigenvalue weighted by Gasteiger charge is 2.29. The number of hydrogen-bond donors (Lipinski definition) is 2. The van der Waals surface area contributed by atoms with Crippen molar-refractivity contribution in [3.63, 3.8) is 0 Å². The van der Waals surface area contributed by atoms with Crippen molar-refractivity contribution in [1.82, 2.24) is 4.90 Å². The van der Waals surface area contributed by atoms with Crippen molar-refractivity contribution in [2.75, 3.05) is 32.6 Å². The summed E-state index contributed by atoms with van der Waals surface area (Å²) in [5.74, 6) is 0.572. The van der Waals surface area contributed by atoms with Crippen LogP contribution in [0.5, 0.6) is 5.75 Å². The molecule has 0 radical (unpaired) electrons. The lowest BCUT2D eigenvalue weighted by Gasteiger charge is -2.28. The number of nitrogens with zero attached hydrogens (tertiary/aromatic N) is 3. The van der Waals surface area contributed by atoms with Crippen LogP contribution in [0.1, 0.15) is 54.1 Å². The summed E-state index contributed by atoms with van der Waals surface area (Å²) in [6, 6.07) is 14.1. The fourth-order valence-electron chi connectivity index (χ4n) is 4.48. The zero-order valence-electron chi connectivity index (χ0n) is 20.1. The Morgan fingerprint density at radius 2 is 2.00 bits per heavy atom. The largest absolute Gasteiger partial charge is 0.490 e. The van der Waals surface area contributed by atoms with Crippen molar-refractivity contribution < 1.29 is 14.9 Å². The van der Waals surface area contributed by atoms with E-state index in [0.29, 0.717) is 30.1 Å². The van der Waals surface area contributed by atoms with Gasteiger partial charge >= 0.3 is 0 Å². The van der Waals surface area contributed by atoms with Crippen LogP contribution in [0.4, 0.5) is 0 Å². The molecule has 0 bridgehead atoms. The molecule has 180 valence electrons. The summed E-state index contributed by atoms with van der Waals surface area (Å²) < 4.78 is 5.75. The molecule has 0 aliphatic heterocycles. The molecule has 2 N–H and O–H groups in total. The van der Waals surface area contributed by atoms with Gasteiger partial charge in [-0.05, 0) is 62.3 Å². The summed E-state index contributed by atoms with van der Waals surface area (Å²) in [7, 11) is 0. The lowest BCUT2D eigenvalue weighted by molar-refractivity contribution is 0.121. The van der Waals surface area contributed by atoms with E-state index in [4.69, 9.17) is 9.73 Å². The SMILES string of the molecule is C=C(N=C(SC)c1ccc(OC(C)C)c(C#N)c1)c1cccc2c1CCC2N(CCO)CCO. The summed E-state index contributed by atoms with van der Waals surface area (Å²) in [5.41, 5.74) is 5.46. The van der Waals surface area contributed by atoms with Gasteiger partial charge in [0.1, 0.15) is 16.9 Å². The minimum Gasteiger partial charge on any atom is -0.490 e. The maximum absolute atomic E-state index is 9.59. The Labute approximate surface area is 206 Å². The molecule has 2 aromatic rings. The predicted molar refractivity (Wildman–Crippen MR) is 139 cm³/mol. The number of thioether (sulfide) groups is 1. The zero-order chi connectivity index (χ0) is 24.7. The van der Waals surface area contributed by atoms with Gasteiger partial charge in [-0.3, -0.25) is 4.90 Å². The quantitative estimate of drug-likeness (QED) is 0.388. The molecule has 1 aliphatic carbocycles. The molecule has 1 unspecified atom stereocenters. The molecular formula is C27H33N3O3S. The number of benzene rings is 2. The summed E-state index contributed by atoms with van der Waals surface area (Å²) in [6.45, 7) is 9.32. The third kappa shape index (κ3) is 5.89. The fraction of sp³-hybridized carbons (Fsp3) is 0.407. The smallest absolute Gasteiger partial charge is 0.137 e. The van der Waals surface area contributed by atoms with E-state index < -0.39 is 0 Å². The first-order valence-electron chi connectivity index (χ1n) is 11.5. The fourth-order valence-corrected chi connectivity index (χ4v) is 5.04. The van der Waals surface area contributed by atoms with Crippen molar-refractivity contribution >= 4 is 22.5 Å². The van der Waals surface area contributed by atoms with Crippen LogP contribution < -0.4 is 4.74 Å². The van der Waals surface area contributed by atoms with Crippen LogP contribution >= 0.6 is 11.8 Å². The van der Waals surface area contributed by atoms with Gasteiger partial charge in [0.15, 0.2) is 0 Å². The third-order valence-electron chi connectivity index (χ3n) is 5.90. The number of aliphatic hydroxyl groups is 2. The van der Waals surface area contributed by atoms with Gasteiger partial charge in [0.05, 0.1) is 30.6 Å². The molecule has 34 heavy (non-hydrogen) atoms. The summed E-state index contributed by atoms with van der Waals surface area (Å²) in [4.78, 5) is 7.00. The molecule has 1 atom stereocenters. The Balaban J connectivity index is 1.92. The number of rotatable bonds is 10. The number of fused-ring (bicyclic) bond motifs is 1. The van der Waals surface area contributed by atoms with Crippen molar-refractivity contribution in [2.45, 2.75) is 38.8 Å². The first-order chi connectivity index (χ1) is 16.4. The highest BCUT2D eigenvalue weighted by Crippen LogP contribution is 2.39. The highest BCUT2D eigenvalue weighted by atomic mass is 32.2. The van der Waals surface area contributed by atoms with E-state index in [-0.39, 0.29) is 25.4 Å². The molecule has 0 amide bonds. The lowest BCUT2D eigenvalue weighted by Crippen LogP contribution is -2.32. The maximum Gasteiger partial charge on any atom is 0.137 e. The van der Waals surface area contributed by atoms with E-state index in [1.807, 2.05) is 50.4 Å². The molecule has 0 fully saturated rings. The third-order valence-corrected chi connectivity index (χ3v) is 6.62. The molecule has 7 heteroatoms. The van der Waals surface area contributed by atoms with Crippen LogP contribution in [0.3, 0.4) is 0 Å². The Hall–Kier alpha value is -2.63. The van der Waals surface area contributed by atoms with Crippen LogP contribution in [0.15, 0.2) is 48.0 Å². The number of hydrogen-bond acceptors (Lipinski definition) is 7. The van der Waals surface area contributed by atoms with Crippen molar-refractivity contribution in [2.24, 2.45) is 4.99 Å². The minimum absolute atomic E-state index is 0.0129. The average molecular weight is 480 g/mol. The molecule has 0 saturated carbocycles. The van der Waals surface area contributed by atoms with Crippen LogP contribution in [0, 0.1) is 11.3 Å². The Kier molecular flexibility index (Phi) is 9.31. The first kappa shape index (κ1) is 26.0. The van der Waals surface area contributed by atoms with Crippen molar-refractivity contribution in [3.05, 3.63) is 70.8 Å². The Bertz CT molecular complexity index is 1090. The maximum atomic E-state index is 9.59. The number of aliphatic hydroxyl groups excluding tert-OH is 2. The van der Waals surface area contributed by atoms with Gasteiger partial charge in [-0.15, -0.1) is 11.8 Å². The highest BCUT2D eigenvalue weighted by molar-refractivity contribution is 8.13. The average Bonchev–Trinajstić information content (AvgIpc) is 3.26. The Morgan fingerprint density at radius 3 is 2.62 bits per heavy atom. The molecular weight excluding hydrogens is 446 g/mol. The van der Waals surface area contributed by atoms with Crippen molar-refractivity contribution in [1.29, 1.82) is 5.26 Å². The summed E-state index contributed by atoms with van der Waals surface area (Å²) in [5, 5.41) is 29.3. The number of ether oxygens (including phenoxy) is 1. The molecule has 3 rings (SSSR count). The van der Waals surface area contributed by atoms with E-state index in [2.05, 4.69) is 23.6 Å². The topological polar surface area (TPSA) is 89.1 Å². The molecule has 6 nitrogen and oxygen atoms in total. The zero-order valence-corrected chi connectivity index (χ0v) is 20.9. The second-order valence-electron chi connectivity index (χ2n) is 8.47. The molecule has 0 heterocycles. The second kappa shape index (κ2) is 12.2. The van der Waals surface area contributed by atoms with E-state index >= 15 is 0 Å². The van der Waals surface area contributed by atoms with E-state index in [1.54, 1.807) is 0 Å². The van der Waals surface area contributed by atoms with Crippen LogP contribution in [0.25, 0.3) is 5.70 Å². The Morgan fingerprint density at radius 1 is 1.26 bits per heavy atom. The molecule has 1 aliphatic rings. The minimum atomic E-state index is -0.0129. The standard InChI is InChI=1S/C27H33N3O3S/c1-18(2)33-26-11-8-20(16-21(26)17-28)27(34-4)29-19(3)22-6-5-7-24-23(22)9-10-25(24)30(12-14-31)13-15-32/h5-8,11,16,18,25,31-32H,3,9-10,12-15H2,1-2,4H3. The van der Waals surface area contributed by atoms with E-state index in [9.17, 15) is 15.5 Å². The van der Waals surface area contributed by atoms with Gasteiger partial charge < -0.3 is 14.9 Å². The lowest BCUT2D eigenvalue weighted by atomic mass is 10.00. The van der Waals surface area contributed by atoms with E-state index in [0.717, 1.165) is 29.0 Å². The van der Waals surface area contributed by atoms with Gasteiger partial charge in [0, 0.05) is 30.3 Å². The van der Waals surface area contributed by atoms with Crippen LogP contribution in [-0.4, -0.2) is 58.8 Å². The molecule has 0 aromatic heterocycles. The normalized spacial score (nSPS) is 15.5. The van der Waals surface area contributed by atoms with Gasteiger partial charge in [-0.2, -0.15) is 5.26 Å². The van der Waals surface area contributed by atoms with Crippen LogP contribution in [-0.2, 0) is 6.42 Å². The number of nitriles is 1. The van der Waals surface area contributed by atoms with Gasteiger partial charge in [-0.25, -0.2) is 4.99 Å².